The largest absolute Gasteiger partial charge is 0.398 e. The van der Waals surface area contributed by atoms with E-state index in [2.05, 4.69) is 12.1 Å². The van der Waals surface area contributed by atoms with Gasteiger partial charge in [-0.15, -0.1) is 0 Å². The first-order valence-corrected chi connectivity index (χ1v) is 7.37. The van der Waals surface area contributed by atoms with Gasteiger partial charge in [0.2, 0.25) is 0 Å². The van der Waals surface area contributed by atoms with Crippen molar-refractivity contribution in [3.05, 3.63) is 64.7 Å². The molecule has 2 aromatic carbocycles. The molecule has 2 nitrogen and oxygen atoms in total. The van der Waals surface area contributed by atoms with Gasteiger partial charge < -0.3 is 10.8 Å². The van der Waals surface area contributed by atoms with Crippen molar-refractivity contribution in [2.75, 3.05) is 5.73 Å². The second kappa shape index (κ2) is 5.68. The summed E-state index contributed by atoms with van der Waals surface area (Å²) in [5.74, 6) is 0. The number of aliphatic hydroxyl groups is 1. The Morgan fingerprint density at radius 2 is 1.65 bits per heavy atom. The molecule has 2 aromatic rings. The first kappa shape index (κ1) is 13.2. The number of rotatable bonds is 3. The van der Waals surface area contributed by atoms with Gasteiger partial charge in [-0.25, -0.2) is 0 Å². The van der Waals surface area contributed by atoms with Crippen LogP contribution < -0.4 is 5.73 Å². The van der Waals surface area contributed by atoms with E-state index in [9.17, 15) is 5.11 Å². The highest BCUT2D eigenvalue weighted by Crippen LogP contribution is 2.30. The summed E-state index contributed by atoms with van der Waals surface area (Å²) >= 11 is 0. The number of nitrogens with two attached hydrogens (primary N) is 1. The van der Waals surface area contributed by atoms with E-state index in [0.717, 1.165) is 29.7 Å². The molecule has 3 N–H and O–H groups in total. The molecule has 0 bridgehead atoms. The number of benzene rings is 2. The lowest BCUT2D eigenvalue weighted by molar-refractivity contribution is 0.179. The van der Waals surface area contributed by atoms with E-state index in [1.54, 1.807) is 0 Å². The minimum absolute atomic E-state index is 0.523. The van der Waals surface area contributed by atoms with Crippen molar-refractivity contribution in [3.8, 4) is 0 Å². The molecule has 0 aliphatic heterocycles. The molecule has 0 radical (unpaired) electrons. The van der Waals surface area contributed by atoms with E-state index in [1.165, 1.54) is 24.0 Å². The van der Waals surface area contributed by atoms with Gasteiger partial charge in [0.25, 0.3) is 0 Å². The molecule has 0 amide bonds. The van der Waals surface area contributed by atoms with Crippen LogP contribution in [0, 0.1) is 0 Å². The van der Waals surface area contributed by atoms with Crippen molar-refractivity contribution in [2.24, 2.45) is 0 Å². The van der Waals surface area contributed by atoms with E-state index in [1.807, 2.05) is 30.3 Å². The van der Waals surface area contributed by atoms with Crippen LogP contribution in [0.4, 0.5) is 5.69 Å². The number of fused-ring (bicyclic) bond motifs is 1. The average molecular weight is 267 g/mol. The monoisotopic (exact) mass is 267 g/mol. The Bertz CT molecular complexity index is 592. The Morgan fingerprint density at radius 1 is 1.00 bits per heavy atom. The van der Waals surface area contributed by atoms with Gasteiger partial charge in [-0.2, -0.15) is 0 Å². The standard InChI is InChI=1S/C18H21NO/c19-17-12-15-9-5-4-8-14(15)11-16(17)18(20)10-13-6-2-1-3-7-13/h1-3,6-7,11-12,18,20H,4-5,8-10,19H2. The molecule has 3 rings (SSSR count). The highest BCUT2D eigenvalue weighted by Gasteiger charge is 2.17. The van der Waals surface area contributed by atoms with E-state index in [4.69, 9.17) is 5.73 Å². The van der Waals surface area contributed by atoms with Crippen LogP contribution in [0.1, 0.15) is 41.2 Å². The smallest absolute Gasteiger partial charge is 0.0850 e. The van der Waals surface area contributed by atoms with Crippen molar-refractivity contribution in [3.63, 3.8) is 0 Å². The first-order valence-electron chi connectivity index (χ1n) is 7.37. The van der Waals surface area contributed by atoms with E-state index < -0.39 is 6.10 Å². The molecule has 0 spiro atoms. The van der Waals surface area contributed by atoms with Gasteiger partial charge in [-0.3, -0.25) is 0 Å². The molecular formula is C18H21NO. The fraction of sp³-hybridized carbons (Fsp3) is 0.333. The van der Waals surface area contributed by atoms with Crippen molar-refractivity contribution in [1.29, 1.82) is 0 Å². The minimum atomic E-state index is -0.523. The molecule has 20 heavy (non-hydrogen) atoms. The zero-order valence-electron chi connectivity index (χ0n) is 11.7. The first-order chi connectivity index (χ1) is 9.74. The molecule has 1 aliphatic rings. The highest BCUT2D eigenvalue weighted by molar-refractivity contribution is 5.54. The Hall–Kier alpha value is -1.80. The van der Waals surface area contributed by atoms with Gasteiger partial charge in [0.1, 0.15) is 0 Å². The molecule has 0 saturated heterocycles. The van der Waals surface area contributed by atoms with Crippen LogP contribution >= 0.6 is 0 Å². The van der Waals surface area contributed by atoms with Crippen LogP contribution in [0.5, 0.6) is 0 Å². The van der Waals surface area contributed by atoms with Gasteiger partial charge in [0, 0.05) is 17.7 Å². The van der Waals surface area contributed by atoms with Crippen LogP contribution in [0.15, 0.2) is 42.5 Å². The molecule has 1 unspecified atom stereocenters. The molecule has 0 saturated carbocycles. The maximum Gasteiger partial charge on any atom is 0.0850 e. The number of aryl methyl sites for hydroxylation is 2. The topological polar surface area (TPSA) is 46.2 Å². The molecule has 104 valence electrons. The number of hydrogen-bond acceptors (Lipinski definition) is 2. The van der Waals surface area contributed by atoms with Crippen molar-refractivity contribution in [1.82, 2.24) is 0 Å². The van der Waals surface area contributed by atoms with Crippen LogP contribution in [0.2, 0.25) is 0 Å². The average Bonchev–Trinajstić information content (AvgIpc) is 2.47. The van der Waals surface area contributed by atoms with Gasteiger partial charge >= 0.3 is 0 Å². The predicted octanol–water partition coefficient (Wildman–Crippen LogP) is 3.42. The molecule has 0 aromatic heterocycles. The summed E-state index contributed by atoms with van der Waals surface area (Å²) in [5, 5.41) is 10.5. The maximum atomic E-state index is 10.5. The van der Waals surface area contributed by atoms with Gasteiger partial charge in [0.05, 0.1) is 6.10 Å². The Kier molecular flexibility index (Phi) is 3.75. The Balaban J connectivity index is 1.86. The number of hydrogen-bond donors (Lipinski definition) is 2. The quantitative estimate of drug-likeness (QED) is 0.837. The lowest BCUT2D eigenvalue weighted by Crippen LogP contribution is -2.10. The Labute approximate surface area is 120 Å². The van der Waals surface area contributed by atoms with Gasteiger partial charge in [0.15, 0.2) is 0 Å². The molecule has 1 aliphatic carbocycles. The molecule has 1 atom stereocenters. The Morgan fingerprint density at radius 3 is 2.35 bits per heavy atom. The second-order valence-electron chi connectivity index (χ2n) is 5.66. The molecular weight excluding hydrogens is 246 g/mol. The number of nitrogen functional groups attached to an aromatic ring is 1. The van der Waals surface area contributed by atoms with Crippen LogP contribution in [0.3, 0.4) is 0 Å². The van der Waals surface area contributed by atoms with Crippen LogP contribution in [0.25, 0.3) is 0 Å². The van der Waals surface area contributed by atoms with Crippen molar-refractivity contribution in [2.45, 2.75) is 38.2 Å². The summed E-state index contributed by atoms with van der Waals surface area (Å²) in [7, 11) is 0. The maximum absolute atomic E-state index is 10.5. The predicted molar refractivity (Wildman–Crippen MR) is 82.6 cm³/mol. The van der Waals surface area contributed by atoms with E-state index in [0.29, 0.717) is 6.42 Å². The SMILES string of the molecule is Nc1cc2c(cc1C(O)Cc1ccccc1)CCCC2. The van der Waals surface area contributed by atoms with Crippen LogP contribution in [-0.4, -0.2) is 5.11 Å². The van der Waals surface area contributed by atoms with Crippen LogP contribution in [-0.2, 0) is 19.3 Å². The normalized spacial score (nSPS) is 15.7. The summed E-state index contributed by atoms with van der Waals surface area (Å²) in [5.41, 5.74) is 11.6. The fourth-order valence-corrected chi connectivity index (χ4v) is 3.06. The highest BCUT2D eigenvalue weighted by atomic mass is 16.3. The summed E-state index contributed by atoms with van der Waals surface area (Å²) in [6, 6.07) is 14.3. The third-order valence-corrected chi connectivity index (χ3v) is 4.18. The fourth-order valence-electron chi connectivity index (χ4n) is 3.06. The third-order valence-electron chi connectivity index (χ3n) is 4.18. The zero-order valence-corrected chi connectivity index (χ0v) is 11.7. The summed E-state index contributed by atoms with van der Waals surface area (Å²) in [6.07, 6.45) is 4.81. The van der Waals surface area contributed by atoms with Crippen molar-refractivity contribution < 1.29 is 5.11 Å². The summed E-state index contributed by atoms with van der Waals surface area (Å²) in [4.78, 5) is 0. The molecule has 0 fully saturated rings. The van der Waals surface area contributed by atoms with Crippen molar-refractivity contribution >= 4 is 5.69 Å². The van der Waals surface area contributed by atoms with Gasteiger partial charge in [-0.05, 0) is 48.4 Å². The molecule has 0 heterocycles. The van der Waals surface area contributed by atoms with E-state index in [-0.39, 0.29) is 0 Å². The van der Waals surface area contributed by atoms with E-state index >= 15 is 0 Å². The van der Waals surface area contributed by atoms with Gasteiger partial charge in [-0.1, -0.05) is 36.4 Å². The third kappa shape index (κ3) is 2.70. The lowest BCUT2D eigenvalue weighted by atomic mass is 9.87. The number of anilines is 1. The zero-order chi connectivity index (χ0) is 13.9. The molecule has 2 heteroatoms. The second-order valence-corrected chi connectivity index (χ2v) is 5.66. The summed E-state index contributed by atoms with van der Waals surface area (Å²) < 4.78 is 0. The number of aliphatic hydroxyl groups excluding tert-OH is 1. The minimum Gasteiger partial charge on any atom is -0.398 e. The summed E-state index contributed by atoms with van der Waals surface area (Å²) in [6.45, 7) is 0. The lowest BCUT2D eigenvalue weighted by Gasteiger charge is -2.21.